The van der Waals surface area contributed by atoms with Crippen molar-refractivity contribution in [2.45, 2.75) is 44.2 Å². The highest BCUT2D eigenvalue weighted by molar-refractivity contribution is 6.31. The monoisotopic (exact) mass is 364 g/mol. The Labute approximate surface area is 151 Å². The average Bonchev–Trinajstić information content (AvgIpc) is 2.98. The number of primary amides is 1. The summed E-state index contributed by atoms with van der Waals surface area (Å²) in [6.07, 6.45) is 4.56. The smallest absolute Gasteiger partial charge is 0.329 e. The maximum atomic E-state index is 13.1. The van der Waals surface area contributed by atoms with E-state index in [1.54, 1.807) is 29.2 Å². The molecule has 1 aliphatic carbocycles. The number of esters is 1. The molecule has 7 heteroatoms. The number of ether oxygens (including phenoxy) is 1. The van der Waals surface area contributed by atoms with Gasteiger partial charge >= 0.3 is 5.97 Å². The number of halogens is 1. The minimum absolute atomic E-state index is 0.0198. The maximum absolute atomic E-state index is 13.1. The molecule has 1 aliphatic heterocycles. The molecule has 25 heavy (non-hydrogen) atoms. The molecule has 0 radical (unpaired) electrons. The molecule has 3 unspecified atom stereocenters. The second-order valence-corrected chi connectivity index (χ2v) is 7.10. The minimum atomic E-state index is -0.712. The first-order valence-electron chi connectivity index (χ1n) is 8.50. The lowest BCUT2D eigenvalue weighted by molar-refractivity contribution is -0.151. The van der Waals surface area contributed by atoms with Gasteiger partial charge in [0.2, 0.25) is 0 Å². The van der Waals surface area contributed by atoms with Crippen molar-refractivity contribution >= 4 is 29.4 Å². The number of hydrogen-bond donors (Lipinski definition) is 1. The number of fused-ring (bicyclic) bond motifs is 1. The average molecular weight is 365 g/mol. The number of benzene rings is 1. The van der Waals surface area contributed by atoms with E-state index in [0.29, 0.717) is 17.0 Å². The zero-order valence-corrected chi connectivity index (χ0v) is 14.6. The van der Waals surface area contributed by atoms with Crippen LogP contribution in [0, 0.1) is 5.92 Å². The molecule has 0 bridgehead atoms. The summed E-state index contributed by atoms with van der Waals surface area (Å²) >= 11 is 6.00. The molecule has 1 aromatic carbocycles. The van der Waals surface area contributed by atoms with Crippen molar-refractivity contribution in [3.63, 3.8) is 0 Å². The Morgan fingerprint density at radius 3 is 2.72 bits per heavy atom. The molecule has 3 atom stereocenters. The van der Waals surface area contributed by atoms with Crippen molar-refractivity contribution in [2.75, 3.05) is 6.61 Å². The molecule has 134 valence electrons. The number of carbonyl (C=O) groups excluding carboxylic acids is 3. The highest BCUT2D eigenvalue weighted by atomic mass is 35.5. The van der Waals surface area contributed by atoms with Crippen LogP contribution in [-0.4, -0.2) is 41.4 Å². The summed E-state index contributed by atoms with van der Waals surface area (Å²) in [4.78, 5) is 38.1. The van der Waals surface area contributed by atoms with Gasteiger partial charge in [-0.15, -0.1) is 0 Å². The fraction of sp³-hybridized carbons (Fsp3) is 0.500. The fourth-order valence-corrected chi connectivity index (χ4v) is 4.16. The van der Waals surface area contributed by atoms with Crippen molar-refractivity contribution in [2.24, 2.45) is 11.7 Å². The summed E-state index contributed by atoms with van der Waals surface area (Å²) in [6.45, 7) is -0.468. The molecule has 2 N–H and O–H groups in total. The Morgan fingerprint density at radius 2 is 2.00 bits per heavy atom. The van der Waals surface area contributed by atoms with Crippen molar-refractivity contribution in [1.29, 1.82) is 0 Å². The van der Waals surface area contributed by atoms with Gasteiger partial charge in [0.05, 0.1) is 0 Å². The van der Waals surface area contributed by atoms with Gasteiger partial charge in [-0.25, -0.2) is 4.79 Å². The van der Waals surface area contributed by atoms with E-state index in [-0.39, 0.29) is 17.9 Å². The Hall–Kier alpha value is -2.08. The van der Waals surface area contributed by atoms with E-state index in [2.05, 4.69) is 0 Å². The second kappa shape index (κ2) is 7.44. The Kier molecular flexibility index (Phi) is 5.27. The summed E-state index contributed by atoms with van der Waals surface area (Å²) in [7, 11) is 0. The molecule has 3 rings (SSSR count). The van der Waals surface area contributed by atoms with Gasteiger partial charge in [-0.05, 0) is 43.4 Å². The Morgan fingerprint density at radius 1 is 1.24 bits per heavy atom. The third kappa shape index (κ3) is 3.79. The van der Waals surface area contributed by atoms with Crippen LogP contribution in [0.4, 0.5) is 0 Å². The molecule has 1 saturated carbocycles. The molecule has 1 heterocycles. The number of likely N-dealkylation sites (tertiary alicyclic amines) is 1. The van der Waals surface area contributed by atoms with Crippen LogP contribution in [0.25, 0.3) is 0 Å². The van der Waals surface area contributed by atoms with Gasteiger partial charge in [-0.3, -0.25) is 9.59 Å². The van der Waals surface area contributed by atoms with Crippen LogP contribution >= 0.6 is 11.6 Å². The van der Waals surface area contributed by atoms with Crippen LogP contribution in [0.2, 0.25) is 5.02 Å². The highest BCUT2D eigenvalue weighted by Gasteiger charge is 2.48. The van der Waals surface area contributed by atoms with Gasteiger partial charge in [0.15, 0.2) is 6.61 Å². The van der Waals surface area contributed by atoms with Crippen LogP contribution in [0.3, 0.4) is 0 Å². The maximum Gasteiger partial charge on any atom is 0.329 e. The molecular formula is C18H21ClN2O4. The quantitative estimate of drug-likeness (QED) is 0.829. The van der Waals surface area contributed by atoms with E-state index in [0.717, 1.165) is 25.7 Å². The number of carbonyl (C=O) groups is 3. The van der Waals surface area contributed by atoms with Gasteiger partial charge in [0, 0.05) is 16.6 Å². The normalized spacial score (nSPS) is 25.3. The van der Waals surface area contributed by atoms with E-state index in [1.165, 1.54) is 0 Å². The van der Waals surface area contributed by atoms with E-state index in [1.807, 2.05) is 0 Å². The topological polar surface area (TPSA) is 89.7 Å². The standard InChI is InChI=1S/C18H21ClN2O4/c19-13-6-3-5-12(8-13)17(23)21-14-7-2-1-4-11(14)9-15(21)18(24)25-10-16(20)22/h3,5-6,8,11,14-15H,1-2,4,7,9-10H2,(H2,20,22). The SMILES string of the molecule is NC(=O)COC(=O)C1CC2CCCCC2N1C(=O)c1cccc(Cl)c1. The number of amides is 2. The highest BCUT2D eigenvalue weighted by Crippen LogP contribution is 2.41. The lowest BCUT2D eigenvalue weighted by atomic mass is 9.84. The Bertz CT molecular complexity index is 693. The first-order valence-corrected chi connectivity index (χ1v) is 8.88. The van der Waals surface area contributed by atoms with Gasteiger partial charge in [0.25, 0.3) is 11.8 Å². The van der Waals surface area contributed by atoms with E-state index >= 15 is 0 Å². The summed E-state index contributed by atoms with van der Waals surface area (Å²) < 4.78 is 5.00. The lowest BCUT2D eigenvalue weighted by Crippen LogP contribution is -2.47. The second-order valence-electron chi connectivity index (χ2n) is 6.66. The molecule has 2 aliphatic rings. The number of rotatable bonds is 4. The van der Waals surface area contributed by atoms with Gasteiger partial charge < -0.3 is 15.4 Å². The zero-order chi connectivity index (χ0) is 18.0. The summed E-state index contributed by atoms with van der Waals surface area (Å²) in [6, 6.07) is 6.04. The lowest BCUT2D eigenvalue weighted by Gasteiger charge is -2.33. The molecule has 2 fully saturated rings. The molecule has 0 aromatic heterocycles. The van der Waals surface area contributed by atoms with Crippen LogP contribution < -0.4 is 5.73 Å². The number of nitrogens with two attached hydrogens (primary N) is 1. The predicted octanol–water partition coefficient (Wildman–Crippen LogP) is 2.14. The summed E-state index contributed by atoms with van der Waals surface area (Å²) in [5.41, 5.74) is 5.50. The molecule has 0 spiro atoms. The largest absolute Gasteiger partial charge is 0.454 e. The van der Waals surface area contributed by atoms with Gasteiger partial charge in [-0.2, -0.15) is 0 Å². The number of hydrogen-bond acceptors (Lipinski definition) is 4. The molecule has 1 saturated heterocycles. The summed E-state index contributed by atoms with van der Waals surface area (Å²) in [5, 5.41) is 0.470. The molecular weight excluding hydrogens is 344 g/mol. The third-order valence-electron chi connectivity index (χ3n) is 5.02. The molecule has 6 nitrogen and oxygen atoms in total. The molecule has 2 amide bonds. The van der Waals surface area contributed by atoms with Crippen molar-refractivity contribution in [3.8, 4) is 0 Å². The number of nitrogens with zero attached hydrogens (tertiary/aromatic N) is 1. The van der Waals surface area contributed by atoms with E-state index in [9.17, 15) is 14.4 Å². The fourth-order valence-electron chi connectivity index (χ4n) is 3.97. The van der Waals surface area contributed by atoms with Crippen LogP contribution in [0.1, 0.15) is 42.5 Å². The first-order chi connectivity index (χ1) is 12.0. The van der Waals surface area contributed by atoms with Gasteiger partial charge in [-0.1, -0.05) is 30.5 Å². The van der Waals surface area contributed by atoms with E-state index in [4.69, 9.17) is 22.1 Å². The van der Waals surface area contributed by atoms with Crippen molar-refractivity contribution < 1.29 is 19.1 Å². The zero-order valence-electron chi connectivity index (χ0n) is 13.8. The Balaban J connectivity index is 1.86. The third-order valence-corrected chi connectivity index (χ3v) is 5.26. The minimum Gasteiger partial charge on any atom is -0.454 e. The first kappa shape index (κ1) is 17.7. The summed E-state index contributed by atoms with van der Waals surface area (Å²) in [5.74, 6) is -1.22. The van der Waals surface area contributed by atoms with E-state index < -0.39 is 24.5 Å². The van der Waals surface area contributed by atoms with Crippen LogP contribution in [0.15, 0.2) is 24.3 Å². The predicted molar refractivity (Wildman–Crippen MR) is 91.9 cm³/mol. The van der Waals surface area contributed by atoms with Crippen LogP contribution in [-0.2, 0) is 14.3 Å². The van der Waals surface area contributed by atoms with Crippen molar-refractivity contribution in [3.05, 3.63) is 34.9 Å². The molecule has 1 aromatic rings. The van der Waals surface area contributed by atoms with Crippen molar-refractivity contribution in [1.82, 2.24) is 4.90 Å². The van der Waals surface area contributed by atoms with Gasteiger partial charge in [0.1, 0.15) is 6.04 Å². The van der Waals surface area contributed by atoms with Crippen LogP contribution in [0.5, 0.6) is 0 Å².